The van der Waals surface area contributed by atoms with Gasteiger partial charge in [-0.25, -0.2) is 0 Å². The third kappa shape index (κ3) is 5.80. The maximum Gasteiger partial charge on any atom is 0.0271 e. The molecule has 2 nitrogen and oxygen atoms in total. The summed E-state index contributed by atoms with van der Waals surface area (Å²) in [4.78, 5) is 3.90. The van der Waals surface area contributed by atoms with Crippen molar-refractivity contribution in [2.45, 2.75) is 6.54 Å². The van der Waals surface area contributed by atoms with E-state index in [1.165, 1.54) is 5.56 Å². The first-order chi connectivity index (χ1) is 4.43. The minimum Gasteiger partial charge on any atom is -0.316 e. The molecule has 0 saturated heterocycles. The standard InChI is InChI=1S/C7H10N2.2HI/c1-8-6-7-2-4-9-5-3-7;;/h2-5,8H,6H2,1H3;2*1H. The molecule has 1 heterocycles. The van der Waals surface area contributed by atoms with Crippen molar-refractivity contribution in [2.24, 2.45) is 0 Å². The van der Waals surface area contributed by atoms with Gasteiger partial charge in [-0.15, -0.1) is 48.0 Å². The Labute approximate surface area is 101 Å². The number of nitrogens with one attached hydrogen (secondary N) is 1. The molecule has 1 rings (SSSR count). The van der Waals surface area contributed by atoms with Crippen molar-refractivity contribution in [3.63, 3.8) is 0 Å². The summed E-state index contributed by atoms with van der Waals surface area (Å²) in [5.41, 5.74) is 1.27. The molecule has 11 heavy (non-hydrogen) atoms. The summed E-state index contributed by atoms with van der Waals surface area (Å²) in [5.74, 6) is 0. The minimum atomic E-state index is 0. The van der Waals surface area contributed by atoms with Crippen molar-refractivity contribution in [2.75, 3.05) is 7.05 Å². The van der Waals surface area contributed by atoms with Crippen LogP contribution in [-0.2, 0) is 6.54 Å². The maximum absolute atomic E-state index is 3.90. The third-order valence-corrected chi connectivity index (χ3v) is 1.13. The molecular weight excluding hydrogens is 366 g/mol. The Hall–Kier alpha value is 0.570. The molecule has 1 aromatic rings. The molecule has 0 spiro atoms. The van der Waals surface area contributed by atoms with Crippen LogP contribution in [0.2, 0.25) is 0 Å². The zero-order valence-corrected chi connectivity index (χ0v) is 10.9. The van der Waals surface area contributed by atoms with Gasteiger partial charge in [0.1, 0.15) is 0 Å². The molecule has 0 aliphatic heterocycles. The van der Waals surface area contributed by atoms with Crippen molar-refractivity contribution in [3.05, 3.63) is 30.1 Å². The molecule has 0 atom stereocenters. The molecule has 4 heteroatoms. The number of rotatable bonds is 2. The maximum atomic E-state index is 3.90. The van der Waals surface area contributed by atoms with Gasteiger partial charge in [0, 0.05) is 18.9 Å². The van der Waals surface area contributed by atoms with Crippen LogP contribution in [0.3, 0.4) is 0 Å². The molecular formula is C7H12I2N2. The third-order valence-electron chi connectivity index (χ3n) is 1.13. The number of pyridine rings is 1. The van der Waals surface area contributed by atoms with Crippen LogP contribution in [0.4, 0.5) is 0 Å². The van der Waals surface area contributed by atoms with E-state index in [1.807, 2.05) is 19.2 Å². The van der Waals surface area contributed by atoms with Crippen molar-refractivity contribution in [1.82, 2.24) is 10.3 Å². The fraction of sp³-hybridized carbons (Fsp3) is 0.286. The fourth-order valence-electron chi connectivity index (χ4n) is 0.705. The van der Waals surface area contributed by atoms with Crippen LogP contribution in [0.25, 0.3) is 0 Å². The average Bonchev–Trinajstić information content (AvgIpc) is 1.91. The Bertz CT molecular complexity index is 167. The molecule has 0 fully saturated rings. The number of halogens is 2. The summed E-state index contributed by atoms with van der Waals surface area (Å²) in [7, 11) is 1.93. The quantitative estimate of drug-likeness (QED) is 0.798. The van der Waals surface area contributed by atoms with Crippen molar-refractivity contribution in [3.8, 4) is 0 Å². The van der Waals surface area contributed by atoms with Crippen LogP contribution >= 0.6 is 48.0 Å². The Morgan fingerprint density at radius 2 is 1.82 bits per heavy atom. The van der Waals surface area contributed by atoms with E-state index in [4.69, 9.17) is 0 Å². The van der Waals surface area contributed by atoms with Crippen LogP contribution in [0, 0.1) is 0 Å². The molecule has 64 valence electrons. The first kappa shape index (κ1) is 14.1. The normalized spacial score (nSPS) is 7.73. The van der Waals surface area contributed by atoms with Gasteiger partial charge in [-0.3, -0.25) is 4.98 Å². The molecule has 0 aromatic carbocycles. The lowest BCUT2D eigenvalue weighted by atomic mass is 10.3. The van der Waals surface area contributed by atoms with E-state index in [0.29, 0.717) is 0 Å². The monoisotopic (exact) mass is 378 g/mol. The van der Waals surface area contributed by atoms with Crippen LogP contribution in [0.15, 0.2) is 24.5 Å². The summed E-state index contributed by atoms with van der Waals surface area (Å²) in [6.45, 7) is 0.919. The Kier molecular flexibility index (Phi) is 11.1. The second-order valence-corrected chi connectivity index (χ2v) is 1.89. The Morgan fingerprint density at radius 1 is 1.27 bits per heavy atom. The molecule has 1 N–H and O–H groups in total. The first-order valence-corrected chi connectivity index (χ1v) is 2.97. The van der Waals surface area contributed by atoms with Gasteiger partial charge < -0.3 is 5.32 Å². The summed E-state index contributed by atoms with van der Waals surface area (Å²) < 4.78 is 0. The van der Waals surface area contributed by atoms with E-state index in [2.05, 4.69) is 10.3 Å². The van der Waals surface area contributed by atoms with Gasteiger partial charge in [0.2, 0.25) is 0 Å². The second-order valence-electron chi connectivity index (χ2n) is 1.89. The summed E-state index contributed by atoms with van der Waals surface area (Å²) in [5, 5.41) is 3.06. The predicted molar refractivity (Wildman–Crippen MR) is 67.8 cm³/mol. The highest BCUT2D eigenvalue weighted by molar-refractivity contribution is 14.0. The molecule has 0 saturated carbocycles. The van der Waals surface area contributed by atoms with Crippen LogP contribution in [-0.4, -0.2) is 12.0 Å². The first-order valence-electron chi connectivity index (χ1n) is 2.97. The zero-order valence-electron chi connectivity index (χ0n) is 6.28. The lowest BCUT2D eigenvalue weighted by Crippen LogP contribution is -2.04. The largest absolute Gasteiger partial charge is 0.316 e. The second kappa shape index (κ2) is 8.66. The molecule has 1 aromatic heterocycles. The molecule has 0 unspecified atom stereocenters. The lowest BCUT2D eigenvalue weighted by Gasteiger charge is -1.95. The van der Waals surface area contributed by atoms with Crippen LogP contribution in [0.1, 0.15) is 5.56 Å². The predicted octanol–water partition coefficient (Wildman–Crippen LogP) is 2.04. The van der Waals surface area contributed by atoms with Gasteiger partial charge >= 0.3 is 0 Å². The Balaban J connectivity index is 0. The van der Waals surface area contributed by atoms with Gasteiger partial charge in [0.25, 0.3) is 0 Å². The van der Waals surface area contributed by atoms with Crippen molar-refractivity contribution in [1.29, 1.82) is 0 Å². The highest BCUT2D eigenvalue weighted by Gasteiger charge is 1.84. The van der Waals surface area contributed by atoms with E-state index < -0.39 is 0 Å². The van der Waals surface area contributed by atoms with Gasteiger partial charge in [-0.1, -0.05) is 0 Å². The number of nitrogens with zero attached hydrogens (tertiary/aromatic N) is 1. The van der Waals surface area contributed by atoms with Gasteiger partial charge in [0.05, 0.1) is 0 Å². The molecule has 0 aliphatic rings. The van der Waals surface area contributed by atoms with Crippen molar-refractivity contribution < 1.29 is 0 Å². The molecule has 0 radical (unpaired) electrons. The number of hydrogen-bond donors (Lipinski definition) is 1. The molecule has 0 bridgehead atoms. The lowest BCUT2D eigenvalue weighted by molar-refractivity contribution is 0.816. The topological polar surface area (TPSA) is 24.9 Å². The summed E-state index contributed by atoms with van der Waals surface area (Å²) in [6, 6.07) is 3.99. The summed E-state index contributed by atoms with van der Waals surface area (Å²) in [6.07, 6.45) is 3.60. The van der Waals surface area contributed by atoms with Gasteiger partial charge in [-0.2, -0.15) is 0 Å². The fourth-order valence-corrected chi connectivity index (χ4v) is 0.705. The van der Waals surface area contributed by atoms with Crippen LogP contribution in [0.5, 0.6) is 0 Å². The van der Waals surface area contributed by atoms with E-state index in [-0.39, 0.29) is 48.0 Å². The highest BCUT2D eigenvalue weighted by atomic mass is 127. The number of hydrogen-bond acceptors (Lipinski definition) is 2. The molecule has 0 amide bonds. The van der Waals surface area contributed by atoms with Crippen LogP contribution < -0.4 is 5.32 Å². The highest BCUT2D eigenvalue weighted by Crippen LogP contribution is 1.92. The van der Waals surface area contributed by atoms with E-state index in [9.17, 15) is 0 Å². The van der Waals surface area contributed by atoms with Gasteiger partial charge in [0.15, 0.2) is 0 Å². The van der Waals surface area contributed by atoms with E-state index in [1.54, 1.807) is 12.4 Å². The number of aromatic nitrogens is 1. The molecule has 0 aliphatic carbocycles. The van der Waals surface area contributed by atoms with E-state index in [0.717, 1.165) is 6.54 Å². The SMILES string of the molecule is CNCc1ccncc1.I.I. The van der Waals surface area contributed by atoms with Crippen molar-refractivity contribution >= 4 is 48.0 Å². The average molecular weight is 378 g/mol. The van der Waals surface area contributed by atoms with E-state index >= 15 is 0 Å². The minimum absolute atomic E-state index is 0. The zero-order chi connectivity index (χ0) is 6.53. The van der Waals surface area contributed by atoms with Gasteiger partial charge in [-0.05, 0) is 24.7 Å². The Morgan fingerprint density at radius 3 is 2.27 bits per heavy atom. The summed E-state index contributed by atoms with van der Waals surface area (Å²) >= 11 is 0. The smallest absolute Gasteiger partial charge is 0.0271 e.